The SMILES string of the molecule is CCC1CN(C(=O)C2CC2)CCC1O. The standard InChI is InChI=1S/C11H19NO2/c1-2-8-7-12(6-5-10(8)13)11(14)9-3-4-9/h8-10,13H,2-7H2,1H3. The van der Waals surface area contributed by atoms with Crippen molar-refractivity contribution in [3.8, 4) is 0 Å². The minimum Gasteiger partial charge on any atom is -0.393 e. The van der Waals surface area contributed by atoms with Crippen LogP contribution >= 0.6 is 0 Å². The topological polar surface area (TPSA) is 40.5 Å². The highest BCUT2D eigenvalue weighted by molar-refractivity contribution is 5.81. The Balaban J connectivity index is 1.91. The van der Waals surface area contributed by atoms with Crippen molar-refractivity contribution in [2.24, 2.45) is 11.8 Å². The van der Waals surface area contributed by atoms with E-state index in [1.54, 1.807) is 0 Å². The molecule has 1 amide bonds. The molecule has 0 bridgehead atoms. The van der Waals surface area contributed by atoms with E-state index in [0.29, 0.717) is 17.7 Å². The van der Waals surface area contributed by atoms with Crippen LogP contribution in [0, 0.1) is 11.8 Å². The molecule has 14 heavy (non-hydrogen) atoms. The summed E-state index contributed by atoms with van der Waals surface area (Å²) in [6.45, 7) is 3.61. The van der Waals surface area contributed by atoms with Gasteiger partial charge in [0.15, 0.2) is 0 Å². The Labute approximate surface area is 85.1 Å². The number of rotatable bonds is 2. The first-order chi connectivity index (χ1) is 6.72. The van der Waals surface area contributed by atoms with Gasteiger partial charge in [-0.1, -0.05) is 6.92 Å². The van der Waals surface area contributed by atoms with E-state index >= 15 is 0 Å². The van der Waals surface area contributed by atoms with Gasteiger partial charge in [0.25, 0.3) is 0 Å². The highest BCUT2D eigenvalue weighted by Crippen LogP contribution is 2.32. The van der Waals surface area contributed by atoms with Crippen molar-refractivity contribution in [2.45, 2.75) is 38.7 Å². The van der Waals surface area contributed by atoms with E-state index in [-0.39, 0.29) is 6.10 Å². The first kappa shape index (κ1) is 9.97. The Hall–Kier alpha value is -0.570. The second-order valence-electron chi connectivity index (χ2n) is 4.58. The molecule has 1 saturated heterocycles. The van der Waals surface area contributed by atoms with Crippen LogP contribution in [0.25, 0.3) is 0 Å². The number of hydrogen-bond acceptors (Lipinski definition) is 2. The molecule has 1 aliphatic heterocycles. The third-order valence-corrected chi connectivity index (χ3v) is 3.46. The van der Waals surface area contributed by atoms with E-state index in [9.17, 15) is 9.90 Å². The molecule has 1 N–H and O–H groups in total. The average Bonchev–Trinajstić information content (AvgIpc) is 3.01. The highest BCUT2D eigenvalue weighted by Gasteiger charge is 2.36. The molecule has 0 radical (unpaired) electrons. The maximum atomic E-state index is 11.8. The van der Waals surface area contributed by atoms with E-state index in [1.165, 1.54) is 0 Å². The molecular formula is C11H19NO2. The van der Waals surface area contributed by atoms with Gasteiger partial charge in [-0.05, 0) is 25.7 Å². The number of piperidine rings is 1. The molecule has 0 aromatic rings. The maximum absolute atomic E-state index is 11.8. The number of hydrogen-bond donors (Lipinski definition) is 1. The average molecular weight is 197 g/mol. The summed E-state index contributed by atoms with van der Waals surface area (Å²) >= 11 is 0. The number of amides is 1. The Bertz CT molecular complexity index is 225. The molecule has 3 nitrogen and oxygen atoms in total. The highest BCUT2D eigenvalue weighted by atomic mass is 16.3. The molecule has 80 valence electrons. The third-order valence-electron chi connectivity index (χ3n) is 3.46. The van der Waals surface area contributed by atoms with Gasteiger partial charge in [-0.3, -0.25) is 4.79 Å². The van der Waals surface area contributed by atoms with E-state index in [1.807, 2.05) is 4.90 Å². The smallest absolute Gasteiger partial charge is 0.225 e. The van der Waals surface area contributed by atoms with E-state index < -0.39 is 0 Å². The number of carbonyl (C=O) groups is 1. The van der Waals surface area contributed by atoms with E-state index in [4.69, 9.17) is 0 Å². The molecule has 1 saturated carbocycles. The summed E-state index contributed by atoms with van der Waals surface area (Å²) in [6.07, 6.45) is 3.69. The molecule has 2 aliphatic rings. The summed E-state index contributed by atoms with van der Waals surface area (Å²) in [5.74, 6) is 0.949. The van der Waals surface area contributed by atoms with Crippen LogP contribution in [0.4, 0.5) is 0 Å². The molecule has 2 atom stereocenters. The monoisotopic (exact) mass is 197 g/mol. The number of nitrogens with zero attached hydrogens (tertiary/aromatic N) is 1. The first-order valence-corrected chi connectivity index (χ1v) is 5.69. The van der Waals surface area contributed by atoms with Gasteiger partial charge in [0, 0.05) is 24.9 Å². The maximum Gasteiger partial charge on any atom is 0.225 e. The van der Waals surface area contributed by atoms with Crippen LogP contribution in [0.1, 0.15) is 32.6 Å². The zero-order chi connectivity index (χ0) is 10.1. The largest absolute Gasteiger partial charge is 0.393 e. The summed E-state index contributed by atoms with van der Waals surface area (Å²) in [6, 6.07) is 0. The summed E-state index contributed by atoms with van der Waals surface area (Å²) in [5, 5.41) is 9.68. The van der Waals surface area contributed by atoms with E-state index in [0.717, 1.165) is 38.8 Å². The van der Waals surface area contributed by atoms with Crippen molar-refractivity contribution in [2.75, 3.05) is 13.1 Å². The summed E-state index contributed by atoms with van der Waals surface area (Å²) in [4.78, 5) is 13.7. The summed E-state index contributed by atoms with van der Waals surface area (Å²) < 4.78 is 0. The molecule has 2 rings (SSSR count). The van der Waals surface area contributed by atoms with Crippen LogP contribution in [0.3, 0.4) is 0 Å². The molecule has 2 unspecified atom stereocenters. The van der Waals surface area contributed by atoms with Gasteiger partial charge >= 0.3 is 0 Å². The number of aliphatic hydroxyl groups excluding tert-OH is 1. The van der Waals surface area contributed by atoms with Crippen LogP contribution in [-0.4, -0.2) is 35.1 Å². The Kier molecular flexibility index (Phi) is 2.77. The van der Waals surface area contributed by atoms with Crippen molar-refractivity contribution < 1.29 is 9.90 Å². The lowest BCUT2D eigenvalue weighted by molar-refractivity contribution is -0.136. The second-order valence-corrected chi connectivity index (χ2v) is 4.58. The lowest BCUT2D eigenvalue weighted by atomic mass is 9.92. The quantitative estimate of drug-likeness (QED) is 0.718. The van der Waals surface area contributed by atoms with Crippen LogP contribution in [-0.2, 0) is 4.79 Å². The van der Waals surface area contributed by atoms with Crippen molar-refractivity contribution in [1.29, 1.82) is 0 Å². The van der Waals surface area contributed by atoms with Gasteiger partial charge in [0.05, 0.1) is 6.10 Å². The molecule has 0 spiro atoms. The van der Waals surface area contributed by atoms with Gasteiger partial charge in [0.2, 0.25) is 5.91 Å². The summed E-state index contributed by atoms with van der Waals surface area (Å²) in [5.41, 5.74) is 0. The predicted molar refractivity (Wildman–Crippen MR) is 53.7 cm³/mol. The number of aliphatic hydroxyl groups is 1. The van der Waals surface area contributed by atoms with Gasteiger partial charge < -0.3 is 10.0 Å². The molecule has 0 aromatic heterocycles. The second kappa shape index (κ2) is 3.89. The van der Waals surface area contributed by atoms with Crippen molar-refractivity contribution >= 4 is 5.91 Å². The van der Waals surface area contributed by atoms with Gasteiger partial charge in [0.1, 0.15) is 0 Å². The van der Waals surface area contributed by atoms with Crippen LogP contribution < -0.4 is 0 Å². The third kappa shape index (κ3) is 1.92. The zero-order valence-electron chi connectivity index (χ0n) is 8.78. The summed E-state index contributed by atoms with van der Waals surface area (Å²) in [7, 11) is 0. The molecule has 2 fully saturated rings. The lowest BCUT2D eigenvalue weighted by Crippen LogP contribution is -2.46. The van der Waals surface area contributed by atoms with Gasteiger partial charge in [-0.2, -0.15) is 0 Å². The van der Waals surface area contributed by atoms with Gasteiger partial charge in [-0.25, -0.2) is 0 Å². The molecule has 0 aromatic carbocycles. The number of likely N-dealkylation sites (tertiary alicyclic amines) is 1. The molecule has 1 aliphatic carbocycles. The minimum atomic E-state index is -0.191. The Morgan fingerprint density at radius 2 is 2.14 bits per heavy atom. The normalized spacial score (nSPS) is 33.1. The lowest BCUT2D eigenvalue weighted by Gasteiger charge is -2.35. The van der Waals surface area contributed by atoms with Crippen LogP contribution in [0.5, 0.6) is 0 Å². The Morgan fingerprint density at radius 3 is 2.71 bits per heavy atom. The Morgan fingerprint density at radius 1 is 1.43 bits per heavy atom. The number of carbonyl (C=O) groups excluding carboxylic acids is 1. The molecule has 1 heterocycles. The molecular weight excluding hydrogens is 178 g/mol. The van der Waals surface area contributed by atoms with Crippen LogP contribution in [0.15, 0.2) is 0 Å². The fourth-order valence-corrected chi connectivity index (χ4v) is 2.21. The first-order valence-electron chi connectivity index (χ1n) is 5.69. The van der Waals surface area contributed by atoms with Crippen molar-refractivity contribution in [3.05, 3.63) is 0 Å². The fourth-order valence-electron chi connectivity index (χ4n) is 2.21. The molecule has 3 heteroatoms. The van der Waals surface area contributed by atoms with Crippen molar-refractivity contribution in [1.82, 2.24) is 4.90 Å². The van der Waals surface area contributed by atoms with Gasteiger partial charge in [-0.15, -0.1) is 0 Å². The van der Waals surface area contributed by atoms with Crippen LogP contribution in [0.2, 0.25) is 0 Å². The predicted octanol–water partition coefficient (Wildman–Crippen LogP) is 1.02. The fraction of sp³-hybridized carbons (Fsp3) is 0.909. The van der Waals surface area contributed by atoms with E-state index in [2.05, 4.69) is 6.92 Å². The van der Waals surface area contributed by atoms with Crippen molar-refractivity contribution in [3.63, 3.8) is 0 Å². The zero-order valence-corrected chi connectivity index (χ0v) is 8.78. The minimum absolute atomic E-state index is 0.191.